The van der Waals surface area contributed by atoms with Gasteiger partial charge in [-0.3, -0.25) is 14.6 Å². The smallest absolute Gasteiger partial charge is 0.370 e. The van der Waals surface area contributed by atoms with Gasteiger partial charge in [-0.25, -0.2) is 0 Å². The lowest BCUT2D eigenvalue weighted by Gasteiger charge is -2.38. The number of halogens is 3. The predicted octanol–water partition coefficient (Wildman–Crippen LogP) is 5.47. The lowest BCUT2D eigenvalue weighted by molar-refractivity contribution is -0.137. The summed E-state index contributed by atoms with van der Waals surface area (Å²) in [4.78, 5) is 22.0. The third kappa shape index (κ3) is 5.86. The molecule has 5 fully saturated rings. The van der Waals surface area contributed by atoms with Crippen molar-refractivity contribution in [2.45, 2.75) is 109 Å². The molecule has 10 heteroatoms. The van der Waals surface area contributed by atoms with Crippen LogP contribution in [0.25, 0.3) is 0 Å². The Morgan fingerprint density at radius 2 is 1.71 bits per heavy atom. The summed E-state index contributed by atoms with van der Waals surface area (Å²) in [6, 6.07) is 5.50. The number of nitrogens with zero attached hydrogens (tertiary/aromatic N) is 4. The fourth-order valence-electron chi connectivity index (χ4n) is 7.60. The van der Waals surface area contributed by atoms with E-state index in [0.29, 0.717) is 56.7 Å². The number of likely N-dealkylation sites (tertiary alicyclic amines) is 2. The van der Waals surface area contributed by atoms with Crippen LogP contribution in [0.2, 0.25) is 0 Å². The van der Waals surface area contributed by atoms with Crippen molar-refractivity contribution in [1.82, 2.24) is 9.80 Å². The Hall–Kier alpha value is -1.88. The van der Waals surface area contributed by atoms with Gasteiger partial charge in [0.05, 0.1) is 22.3 Å². The molecule has 1 aromatic rings. The van der Waals surface area contributed by atoms with Crippen molar-refractivity contribution < 1.29 is 27.4 Å². The van der Waals surface area contributed by atoms with E-state index in [1.807, 2.05) is 20.8 Å². The van der Waals surface area contributed by atoms with Crippen molar-refractivity contribution in [1.29, 1.82) is 0 Å². The summed E-state index contributed by atoms with van der Waals surface area (Å²) in [7, 11) is 0. The van der Waals surface area contributed by atoms with E-state index in [2.05, 4.69) is 21.6 Å². The molecule has 41 heavy (non-hydrogen) atoms. The number of piperidine rings is 2. The molecule has 0 aliphatic carbocycles. The first-order chi connectivity index (χ1) is 19.3. The van der Waals surface area contributed by atoms with Crippen LogP contribution in [0.1, 0.15) is 78.2 Å². The maximum atomic E-state index is 14.5. The highest BCUT2D eigenvalue weighted by atomic mass is 19.4. The Labute approximate surface area is 241 Å². The van der Waals surface area contributed by atoms with Crippen LogP contribution in [0.4, 0.5) is 24.5 Å². The highest BCUT2D eigenvalue weighted by molar-refractivity contribution is 6.00. The third-order valence-electron chi connectivity index (χ3n) is 9.96. The normalized spacial score (nSPS) is 31.4. The zero-order chi connectivity index (χ0) is 29.2. The van der Waals surface area contributed by atoms with Crippen LogP contribution in [-0.2, 0) is 20.4 Å². The predicted molar refractivity (Wildman–Crippen MR) is 152 cm³/mol. The molecule has 0 bridgehead atoms. The van der Waals surface area contributed by atoms with Crippen molar-refractivity contribution in [3.8, 4) is 0 Å². The number of anilines is 2. The van der Waals surface area contributed by atoms with Crippen molar-refractivity contribution in [3.63, 3.8) is 0 Å². The molecule has 1 aromatic carbocycles. The molecule has 5 heterocycles. The molecule has 4 atom stereocenters. The monoisotopic (exact) mass is 578 g/mol. The second-order valence-corrected chi connectivity index (χ2v) is 13.8. The van der Waals surface area contributed by atoms with Crippen molar-refractivity contribution in [3.05, 3.63) is 23.8 Å². The highest BCUT2D eigenvalue weighted by Crippen LogP contribution is 2.48. The number of benzene rings is 1. The minimum atomic E-state index is -4.55. The van der Waals surface area contributed by atoms with Gasteiger partial charge >= 0.3 is 6.18 Å². The van der Waals surface area contributed by atoms with Gasteiger partial charge in [0.2, 0.25) is 5.91 Å². The van der Waals surface area contributed by atoms with Crippen molar-refractivity contribution >= 4 is 17.3 Å². The fraction of sp³-hybridized carbons (Fsp3) is 0.774. The summed E-state index contributed by atoms with van der Waals surface area (Å²) in [5.41, 5.74) is -1.02. The van der Waals surface area contributed by atoms with Gasteiger partial charge in [0.1, 0.15) is 0 Å². The fourth-order valence-corrected chi connectivity index (χ4v) is 7.60. The number of alkyl halides is 3. The lowest BCUT2D eigenvalue weighted by Crippen LogP contribution is -2.46. The van der Waals surface area contributed by atoms with Crippen LogP contribution in [-0.4, -0.2) is 85.2 Å². The van der Waals surface area contributed by atoms with E-state index in [-0.39, 0.29) is 29.7 Å². The van der Waals surface area contributed by atoms with Crippen LogP contribution < -0.4 is 9.80 Å². The number of amides is 1. The first-order valence-electron chi connectivity index (χ1n) is 15.5. The molecule has 7 nitrogen and oxygen atoms in total. The van der Waals surface area contributed by atoms with E-state index in [9.17, 15) is 18.0 Å². The number of rotatable bonds is 5. The van der Waals surface area contributed by atoms with Gasteiger partial charge in [-0.2, -0.15) is 13.2 Å². The van der Waals surface area contributed by atoms with Gasteiger partial charge in [0.25, 0.3) is 0 Å². The summed E-state index contributed by atoms with van der Waals surface area (Å²) in [6.45, 7) is 12.5. The molecule has 0 radical (unpaired) electrons. The molecule has 0 saturated carbocycles. The van der Waals surface area contributed by atoms with Crippen molar-refractivity contribution in [2.24, 2.45) is 5.41 Å². The molecule has 228 valence electrons. The molecular weight excluding hydrogens is 533 g/mol. The highest BCUT2D eigenvalue weighted by Gasteiger charge is 2.54. The average Bonchev–Trinajstić information content (AvgIpc) is 3.34. The SMILES string of the molecule is C[C@H]1CCCCN1[C@H]1CCN(c2ccc(N3CCC4(CCN(C5OC5OC(C)(C)C)CC4)C3=O)c(C(F)(F)F)c2)C1. The first-order valence-corrected chi connectivity index (χ1v) is 15.5. The van der Waals surface area contributed by atoms with Gasteiger partial charge in [0, 0.05) is 50.5 Å². The minimum Gasteiger partial charge on any atom is -0.370 e. The molecule has 6 rings (SSSR count). The van der Waals surface area contributed by atoms with E-state index < -0.39 is 17.2 Å². The molecule has 5 aliphatic heterocycles. The summed E-state index contributed by atoms with van der Waals surface area (Å²) in [6.07, 6.45) is 1.50. The van der Waals surface area contributed by atoms with Crippen LogP contribution in [0.3, 0.4) is 0 Å². The summed E-state index contributed by atoms with van der Waals surface area (Å²) >= 11 is 0. The number of carbonyl (C=O) groups excluding carboxylic acids is 1. The van der Waals surface area contributed by atoms with Crippen LogP contribution in [0, 0.1) is 5.41 Å². The first kappa shape index (κ1) is 29.2. The standard InChI is InChI=1S/C31H45F3N4O3/c1-21-7-5-6-14-37(21)23-10-15-36(20-23)22-8-9-25(24(19-22)31(32,33)34)38-18-13-30(28(38)39)11-16-35(17-12-30)26-27(40-26)41-29(2,3)4/h8-9,19,21,23,26-27H,5-7,10-18,20H2,1-4H3/t21-,23-,26?,27?/m0/s1. The van der Waals surface area contributed by atoms with Crippen molar-refractivity contribution in [2.75, 3.05) is 49.1 Å². The van der Waals surface area contributed by atoms with Gasteiger partial charge in [-0.05, 0) is 91.0 Å². The molecule has 1 amide bonds. The van der Waals surface area contributed by atoms with Gasteiger partial charge in [-0.1, -0.05) is 6.42 Å². The second-order valence-electron chi connectivity index (χ2n) is 13.8. The number of hydrogen-bond donors (Lipinski definition) is 0. The molecule has 5 saturated heterocycles. The zero-order valence-electron chi connectivity index (χ0n) is 24.9. The summed E-state index contributed by atoms with van der Waals surface area (Å²) < 4.78 is 55.0. The Balaban J connectivity index is 1.13. The number of carbonyl (C=O) groups is 1. The molecule has 5 aliphatic rings. The van der Waals surface area contributed by atoms with E-state index in [1.165, 1.54) is 36.3 Å². The molecule has 1 spiro atoms. The molecular formula is C31H45F3N4O3. The second kappa shape index (κ2) is 10.7. The maximum absolute atomic E-state index is 14.5. The van der Waals surface area contributed by atoms with Gasteiger partial charge < -0.3 is 19.3 Å². The Morgan fingerprint density at radius 1 is 0.976 bits per heavy atom. The summed E-state index contributed by atoms with van der Waals surface area (Å²) in [5.74, 6) is -0.171. The van der Waals surface area contributed by atoms with Crippen LogP contribution >= 0.6 is 0 Å². The minimum absolute atomic E-state index is 0.00452. The zero-order valence-corrected chi connectivity index (χ0v) is 24.9. The lowest BCUT2D eigenvalue weighted by atomic mass is 9.77. The molecule has 0 N–H and O–H groups in total. The molecule has 0 aromatic heterocycles. The summed E-state index contributed by atoms with van der Waals surface area (Å²) in [5, 5.41) is 0. The number of epoxide rings is 1. The maximum Gasteiger partial charge on any atom is 0.418 e. The quantitative estimate of drug-likeness (QED) is 0.432. The largest absolute Gasteiger partial charge is 0.418 e. The average molecular weight is 579 g/mol. The van der Waals surface area contributed by atoms with Gasteiger partial charge in [-0.15, -0.1) is 0 Å². The molecule has 2 unspecified atom stereocenters. The Bertz CT molecular complexity index is 1130. The van der Waals surface area contributed by atoms with E-state index >= 15 is 0 Å². The van der Waals surface area contributed by atoms with Crippen LogP contribution in [0.15, 0.2) is 18.2 Å². The topological polar surface area (TPSA) is 51.8 Å². The Kier molecular flexibility index (Phi) is 7.61. The number of ether oxygens (including phenoxy) is 2. The van der Waals surface area contributed by atoms with Gasteiger partial charge in [0.15, 0.2) is 12.5 Å². The van der Waals surface area contributed by atoms with Crippen LogP contribution in [0.5, 0.6) is 0 Å². The van der Waals surface area contributed by atoms with E-state index in [0.717, 1.165) is 26.1 Å². The van der Waals surface area contributed by atoms with E-state index in [4.69, 9.17) is 9.47 Å². The Morgan fingerprint density at radius 3 is 2.39 bits per heavy atom. The number of hydrogen-bond acceptors (Lipinski definition) is 6. The van der Waals surface area contributed by atoms with E-state index in [1.54, 1.807) is 6.07 Å². The third-order valence-corrected chi connectivity index (χ3v) is 9.96.